The van der Waals surface area contributed by atoms with Gasteiger partial charge in [0.2, 0.25) is 15.9 Å². The van der Waals surface area contributed by atoms with E-state index >= 15 is 0 Å². The average molecular weight is 351 g/mol. The van der Waals surface area contributed by atoms with Crippen LogP contribution in [-0.4, -0.2) is 32.3 Å². The third-order valence-corrected chi connectivity index (χ3v) is 4.64. The fraction of sp³-hybridized carbons (Fsp3) is 0.375. The van der Waals surface area contributed by atoms with Crippen LogP contribution in [0.3, 0.4) is 0 Å². The highest BCUT2D eigenvalue weighted by Gasteiger charge is 2.20. The summed E-state index contributed by atoms with van der Waals surface area (Å²) in [6.07, 6.45) is 1.14. The number of sulfonamides is 1. The summed E-state index contributed by atoms with van der Waals surface area (Å²) in [5.41, 5.74) is 2.46. The maximum atomic E-state index is 12.1. The van der Waals surface area contributed by atoms with Gasteiger partial charge in [-0.1, -0.05) is 22.9 Å². The number of benzene rings is 1. The first-order valence-corrected chi connectivity index (χ1v) is 9.30. The summed E-state index contributed by atoms with van der Waals surface area (Å²) in [6.45, 7) is 5.55. The van der Waals surface area contributed by atoms with Crippen LogP contribution >= 0.6 is 0 Å². The van der Waals surface area contributed by atoms with Gasteiger partial charge in [-0.15, -0.1) is 0 Å². The van der Waals surface area contributed by atoms with Gasteiger partial charge < -0.3 is 9.84 Å². The standard InChI is InChI=1S/C16H21N3O4S/c1-11-5-6-14(12(2)9-11)19(24(4,21)22)8-7-16(20)17-15-10-13(3)23-18-15/h5-6,9-10H,7-8H2,1-4H3,(H,17,18,20). The second-order valence-corrected chi connectivity index (χ2v) is 7.65. The summed E-state index contributed by atoms with van der Waals surface area (Å²) < 4.78 is 30.3. The molecule has 2 rings (SSSR count). The van der Waals surface area contributed by atoms with Crippen LogP contribution in [0.4, 0.5) is 11.5 Å². The fourth-order valence-electron chi connectivity index (χ4n) is 2.38. The summed E-state index contributed by atoms with van der Waals surface area (Å²) in [5.74, 6) is 0.565. The Labute approximate surface area is 141 Å². The first kappa shape index (κ1) is 18.0. The van der Waals surface area contributed by atoms with Crippen LogP contribution in [-0.2, 0) is 14.8 Å². The lowest BCUT2D eigenvalue weighted by atomic mass is 10.1. The van der Waals surface area contributed by atoms with Crippen LogP contribution in [0, 0.1) is 20.8 Å². The fourth-order valence-corrected chi connectivity index (χ4v) is 3.37. The molecule has 1 aromatic carbocycles. The van der Waals surface area contributed by atoms with Gasteiger partial charge in [0.15, 0.2) is 5.82 Å². The summed E-state index contributed by atoms with van der Waals surface area (Å²) >= 11 is 0. The lowest BCUT2D eigenvalue weighted by Gasteiger charge is -2.24. The van der Waals surface area contributed by atoms with Crippen molar-refractivity contribution in [1.82, 2.24) is 5.16 Å². The van der Waals surface area contributed by atoms with Gasteiger partial charge >= 0.3 is 0 Å². The highest BCUT2D eigenvalue weighted by atomic mass is 32.2. The molecule has 0 bridgehead atoms. The third kappa shape index (κ3) is 4.58. The Kier molecular flexibility index (Phi) is 5.28. The maximum Gasteiger partial charge on any atom is 0.232 e. The van der Waals surface area contributed by atoms with Crippen molar-refractivity contribution in [3.05, 3.63) is 41.2 Å². The van der Waals surface area contributed by atoms with Crippen LogP contribution in [0.2, 0.25) is 0 Å². The Morgan fingerprint density at radius 1 is 1.25 bits per heavy atom. The van der Waals surface area contributed by atoms with E-state index < -0.39 is 10.0 Å². The van der Waals surface area contributed by atoms with Crippen LogP contribution < -0.4 is 9.62 Å². The first-order chi connectivity index (χ1) is 11.2. The van der Waals surface area contributed by atoms with Crippen molar-refractivity contribution in [3.8, 4) is 0 Å². The number of anilines is 2. The predicted molar refractivity (Wildman–Crippen MR) is 92.6 cm³/mol. The van der Waals surface area contributed by atoms with Crippen molar-refractivity contribution >= 4 is 27.4 Å². The monoisotopic (exact) mass is 351 g/mol. The van der Waals surface area contributed by atoms with E-state index in [0.29, 0.717) is 17.3 Å². The number of hydrogen-bond donors (Lipinski definition) is 1. The molecule has 0 aliphatic carbocycles. The summed E-state index contributed by atoms with van der Waals surface area (Å²) in [6, 6.07) is 7.10. The Morgan fingerprint density at radius 2 is 1.96 bits per heavy atom. The van der Waals surface area contributed by atoms with Crippen molar-refractivity contribution in [3.63, 3.8) is 0 Å². The molecule has 8 heteroatoms. The van der Waals surface area contributed by atoms with Gasteiger partial charge in [0.05, 0.1) is 11.9 Å². The second-order valence-electron chi connectivity index (χ2n) is 5.75. The maximum absolute atomic E-state index is 12.1. The number of hydrogen-bond acceptors (Lipinski definition) is 5. The van der Waals surface area contributed by atoms with E-state index in [1.807, 2.05) is 26.0 Å². The van der Waals surface area contributed by atoms with Crippen molar-refractivity contribution in [2.75, 3.05) is 22.4 Å². The quantitative estimate of drug-likeness (QED) is 0.862. The van der Waals surface area contributed by atoms with E-state index in [4.69, 9.17) is 4.52 Å². The zero-order valence-electron chi connectivity index (χ0n) is 14.2. The number of carbonyl (C=O) groups excluding carboxylic acids is 1. The van der Waals surface area contributed by atoms with Gasteiger partial charge in [0, 0.05) is 19.0 Å². The molecule has 0 saturated carbocycles. The summed E-state index contributed by atoms with van der Waals surface area (Å²) in [5, 5.41) is 6.25. The molecule has 0 spiro atoms. The molecular weight excluding hydrogens is 330 g/mol. The minimum absolute atomic E-state index is 0.00624. The average Bonchev–Trinajstić information content (AvgIpc) is 2.85. The molecular formula is C16H21N3O4S. The smallest absolute Gasteiger partial charge is 0.232 e. The number of amides is 1. The zero-order chi connectivity index (χ0) is 17.9. The molecule has 7 nitrogen and oxygen atoms in total. The number of aryl methyl sites for hydroxylation is 3. The number of nitrogens with zero attached hydrogens (tertiary/aromatic N) is 2. The van der Waals surface area contributed by atoms with Gasteiger partial charge in [0.1, 0.15) is 5.76 Å². The predicted octanol–water partition coefficient (Wildman–Crippen LogP) is 2.39. The van der Waals surface area contributed by atoms with Crippen LogP contribution in [0.15, 0.2) is 28.8 Å². The van der Waals surface area contributed by atoms with Gasteiger partial charge in [-0.25, -0.2) is 8.42 Å². The molecule has 0 aliphatic heterocycles. The van der Waals surface area contributed by atoms with Crippen molar-refractivity contribution in [2.24, 2.45) is 0 Å². The Balaban J connectivity index is 2.11. The van der Waals surface area contributed by atoms with E-state index in [2.05, 4.69) is 10.5 Å². The molecule has 0 fully saturated rings. The van der Waals surface area contributed by atoms with Crippen molar-refractivity contribution < 1.29 is 17.7 Å². The summed E-state index contributed by atoms with van der Waals surface area (Å²) in [4.78, 5) is 12.0. The van der Waals surface area contributed by atoms with Crippen LogP contribution in [0.5, 0.6) is 0 Å². The normalized spacial score (nSPS) is 11.3. The van der Waals surface area contributed by atoms with E-state index in [0.717, 1.165) is 17.4 Å². The van der Waals surface area contributed by atoms with E-state index in [1.54, 1.807) is 19.1 Å². The van der Waals surface area contributed by atoms with Crippen molar-refractivity contribution in [2.45, 2.75) is 27.2 Å². The van der Waals surface area contributed by atoms with Gasteiger partial charge in [-0.05, 0) is 32.4 Å². The molecule has 0 atom stereocenters. The molecule has 2 aromatic rings. The second kappa shape index (κ2) is 7.04. The lowest BCUT2D eigenvalue weighted by molar-refractivity contribution is -0.116. The van der Waals surface area contributed by atoms with Crippen LogP contribution in [0.25, 0.3) is 0 Å². The number of carbonyl (C=O) groups is 1. The Hall–Kier alpha value is -2.35. The molecule has 0 aliphatic rings. The molecule has 1 amide bonds. The van der Waals surface area contributed by atoms with E-state index in [-0.39, 0.29) is 18.9 Å². The molecule has 130 valence electrons. The summed E-state index contributed by atoms with van der Waals surface area (Å²) in [7, 11) is -3.50. The molecule has 0 unspecified atom stereocenters. The van der Waals surface area contributed by atoms with Crippen molar-refractivity contribution in [1.29, 1.82) is 0 Å². The molecule has 1 N–H and O–H groups in total. The Bertz CT molecular complexity index is 843. The molecule has 0 saturated heterocycles. The Morgan fingerprint density at radius 3 is 2.50 bits per heavy atom. The van der Waals surface area contributed by atoms with Gasteiger partial charge in [-0.3, -0.25) is 9.10 Å². The minimum atomic E-state index is -3.50. The number of rotatable bonds is 6. The topological polar surface area (TPSA) is 92.5 Å². The van der Waals surface area contributed by atoms with E-state index in [1.165, 1.54) is 4.31 Å². The number of aromatic nitrogens is 1. The van der Waals surface area contributed by atoms with E-state index in [9.17, 15) is 13.2 Å². The minimum Gasteiger partial charge on any atom is -0.360 e. The highest BCUT2D eigenvalue weighted by Crippen LogP contribution is 2.23. The molecule has 0 radical (unpaired) electrons. The first-order valence-electron chi connectivity index (χ1n) is 7.45. The number of nitrogens with one attached hydrogen (secondary N) is 1. The largest absolute Gasteiger partial charge is 0.360 e. The lowest BCUT2D eigenvalue weighted by Crippen LogP contribution is -2.33. The molecule has 1 aromatic heterocycles. The van der Waals surface area contributed by atoms with Gasteiger partial charge in [-0.2, -0.15) is 0 Å². The van der Waals surface area contributed by atoms with Gasteiger partial charge in [0.25, 0.3) is 0 Å². The zero-order valence-corrected chi connectivity index (χ0v) is 15.0. The molecule has 1 heterocycles. The van der Waals surface area contributed by atoms with Crippen LogP contribution in [0.1, 0.15) is 23.3 Å². The SMILES string of the molecule is Cc1ccc(N(CCC(=O)Nc2cc(C)on2)S(C)(=O)=O)c(C)c1. The third-order valence-electron chi connectivity index (χ3n) is 3.46. The highest BCUT2D eigenvalue weighted by molar-refractivity contribution is 7.92. The molecule has 24 heavy (non-hydrogen) atoms.